The molecule has 1 amide bonds. The second-order valence-corrected chi connectivity index (χ2v) is 28.1. The number of amides is 1. The summed E-state index contributed by atoms with van der Waals surface area (Å²) in [6.45, 7) is 28.4. The third-order valence-corrected chi connectivity index (χ3v) is 24.1. The van der Waals surface area contributed by atoms with E-state index in [0.29, 0.717) is 29.4 Å². The Hall–Kier alpha value is -1.02. The van der Waals surface area contributed by atoms with Gasteiger partial charge in [0.15, 0.2) is 8.32 Å². The van der Waals surface area contributed by atoms with Gasteiger partial charge in [0.05, 0.1) is 6.54 Å². The molecule has 0 radical (unpaired) electrons. The maximum atomic E-state index is 12.0. The van der Waals surface area contributed by atoms with Crippen LogP contribution in [0, 0.1) is 70.5 Å². The Morgan fingerprint density at radius 1 is 0.873 bits per heavy atom. The summed E-state index contributed by atoms with van der Waals surface area (Å²) in [5, 5.41) is 2.75. The predicted octanol–water partition coefficient (Wildman–Crippen LogP) is 12.9. The molecule has 0 aromatic heterocycles. The van der Waals surface area contributed by atoms with Crippen LogP contribution >= 0.6 is 0 Å². The van der Waals surface area contributed by atoms with Crippen LogP contribution in [-0.4, -0.2) is 44.2 Å². The number of carbonyl (C=O) groups excluding carboxylic acids is 1. The van der Waals surface area contributed by atoms with Crippen molar-refractivity contribution in [2.75, 3.05) is 6.54 Å². The van der Waals surface area contributed by atoms with Gasteiger partial charge in [-0.25, -0.2) is 0 Å². The monoisotopic (exact) mass is 814 g/mol. The van der Waals surface area contributed by atoms with E-state index in [2.05, 4.69) is 72.7 Å². The number of fused-ring (bicyclic) bond motifs is 5. The molecule has 4 saturated carbocycles. The van der Waals surface area contributed by atoms with Crippen molar-refractivity contribution in [3.8, 4) is 12.3 Å². The molecule has 8 heteroatoms. The number of terminal acetylenes is 1. The number of allylic oxidation sites excluding steroid dienone is 1. The molecule has 0 aromatic rings. The zero-order chi connectivity index (χ0) is 41.4. The summed E-state index contributed by atoms with van der Waals surface area (Å²) < 4.78 is 28.4. The topological polar surface area (TPSA) is 72.5 Å². The van der Waals surface area contributed by atoms with Crippen LogP contribution in [-0.2, 0) is 18.1 Å². The number of nitrogens with one attached hydrogen (secondary N) is 1. The lowest BCUT2D eigenvalue weighted by molar-refractivity contribution is -0.185. The van der Waals surface area contributed by atoms with Gasteiger partial charge in [-0.05, 0) is 164 Å². The van der Waals surface area contributed by atoms with Crippen LogP contribution in [0.4, 0.5) is 0 Å². The molecule has 0 heterocycles. The summed E-state index contributed by atoms with van der Waals surface area (Å²) in [7, 11) is -3.95. The third-order valence-electron chi connectivity index (χ3n) is 16.3. The molecule has 0 spiro atoms. The standard InChI is InChI=1S/C39H67NO2Si.2C4H10OSi/c1-10-24-40-36(41)19-17-16-18-28(7)32-20-21-33-37-34(26-30(12-3)39(32,33)9)38(8)23-22-29(11-2)25-31(38)27-35(37)42-43(13-4,14-5)15-6;2*1-3-6(5)4-2/h1,17,19,28-35,37H,11-16,18,20-27H2,2-9H3,(H,40,41);2*3-4H2,1-2H3/t28-,29-,30+,31+,32-,33+,34+,35-,37?,38+,39-;;/m1../s1. The van der Waals surface area contributed by atoms with Gasteiger partial charge in [-0.3, -0.25) is 4.79 Å². The Kier molecular flexibility index (Phi) is 22.0. The van der Waals surface area contributed by atoms with E-state index in [1.807, 2.05) is 27.7 Å². The number of carbonyl (C=O) groups is 1. The summed E-state index contributed by atoms with van der Waals surface area (Å²) in [6, 6.07) is 7.30. The quantitative estimate of drug-likeness (QED) is 0.0902. The van der Waals surface area contributed by atoms with Gasteiger partial charge >= 0.3 is 0 Å². The Labute approximate surface area is 345 Å². The third kappa shape index (κ3) is 12.5. The van der Waals surface area contributed by atoms with Gasteiger partial charge in [-0.15, -0.1) is 6.42 Å². The molecular formula is C47H87NO4Si3. The first-order valence-electron chi connectivity index (χ1n) is 23.3. The van der Waals surface area contributed by atoms with Crippen LogP contribution in [0.25, 0.3) is 0 Å². The summed E-state index contributed by atoms with van der Waals surface area (Å²) in [4.78, 5) is 12.0. The Bertz CT molecular complexity index is 1220. The first kappa shape index (κ1) is 50.1. The van der Waals surface area contributed by atoms with Gasteiger partial charge in [-0.2, -0.15) is 0 Å². The first-order valence-corrected chi connectivity index (χ1v) is 29.4. The van der Waals surface area contributed by atoms with E-state index in [-0.39, 0.29) is 5.91 Å². The molecule has 4 aliphatic rings. The van der Waals surface area contributed by atoms with Crippen LogP contribution in [0.15, 0.2) is 12.2 Å². The zero-order valence-electron chi connectivity index (χ0n) is 38.0. The average Bonchev–Trinajstić information content (AvgIpc) is 3.57. The van der Waals surface area contributed by atoms with E-state index in [4.69, 9.17) is 10.8 Å². The highest BCUT2D eigenvalue weighted by molar-refractivity contribution is 6.73. The van der Waals surface area contributed by atoms with Crippen LogP contribution in [0.1, 0.15) is 154 Å². The van der Waals surface area contributed by atoms with Crippen molar-refractivity contribution in [1.82, 2.24) is 5.32 Å². The van der Waals surface area contributed by atoms with Gasteiger partial charge in [0.25, 0.3) is 17.4 Å². The SMILES string of the molecule is C#CCNC(=O)C=CCC[C@@H](C)[C@H]1CC[C@H]2C3[C@H](O[Si](CC)(CC)CC)C[C@@H]4C[C@H](CC)CC[C@]4(C)[C@H]3C[C@H](CC)[C@]12C.CC[Si](=O)CC.CC[Si](=O)CC. The lowest BCUT2D eigenvalue weighted by Crippen LogP contribution is -2.62. The second-order valence-electron chi connectivity index (χ2n) is 18.4. The first-order chi connectivity index (χ1) is 26.2. The molecule has 0 saturated heterocycles. The van der Waals surface area contributed by atoms with Gasteiger partial charge in [0.2, 0.25) is 5.91 Å². The molecule has 1 unspecified atom stereocenters. The highest BCUT2D eigenvalue weighted by Gasteiger charge is 2.66. The van der Waals surface area contributed by atoms with E-state index in [0.717, 1.165) is 78.4 Å². The van der Waals surface area contributed by atoms with Crippen LogP contribution in [0.2, 0.25) is 42.3 Å². The van der Waals surface area contributed by atoms with Crippen molar-refractivity contribution in [1.29, 1.82) is 0 Å². The molecule has 0 aliphatic heterocycles. The normalized spacial score (nSPS) is 33.0. The molecule has 316 valence electrons. The highest BCUT2D eigenvalue weighted by atomic mass is 28.4. The summed E-state index contributed by atoms with van der Waals surface area (Å²) in [5.41, 5.74) is 0.887. The zero-order valence-corrected chi connectivity index (χ0v) is 41.0. The lowest BCUT2D eigenvalue weighted by atomic mass is 9.41. The molecule has 11 atom stereocenters. The van der Waals surface area contributed by atoms with E-state index in [9.17, 15) is 13.7 Å². The lowest BCUT2D eigenvalue weighted by Gasteiger charge is -2.66. The molecule has 55 heavy (non-hydrogen) atoms. The van der Waals surface area contributed by atoms with Crippen LogP contribution in [0.3, 0.4) is 0 Å². The Morgan fingerprint density at radius 3 is 1.96 bits per heavy atom. The minimum Gasteiger partial charge on any atom is -0.414 e. The smallest absolute Gasteiger partial charge is 0.276 e. The van der Waals surface area contributed by atoms with Crippen LogP contribution < -0.4 is 5.32 Å². The van der Waals surface area contributed by atoms with E-state index < -0.39 is 25.7 Å². The predicted molar refractivity (Wildman–Crippen MR) is 240 cm³/mol. The fourth-order valence-corrected chi connectivity index (χ4v) is 16.2. The largest absolute Gasteiger partial charge is 0.414 e. The Morgan fingerprint density at radius 2 is 1.47 bits per heavy atom. The van der Waals surface area contributed by atoms with Crippen molar-refractivity contribution in [3.63, 3.8) is 0 Å². The van der Waals surface area contributed by atoms with Gasteiger partial charge in [0.1, 0.15) is 0 Å². The van der Waals surface area contributed by atoms with E-state index >= 15 is 0 Å². The number of hydrogen-bond acceptors (Lipinski definition) is 4. The number of rotatable bonds is 17. The highest BCUT2D eigenvalue weighted by Crippen LogP contribution is 2.71. The maximum absolute atomic E-state index is 12.0. The summed E-state index contributed by atoms with van der Waals surface area (Å²) in [5.74, 6) is 8.77. The van der Waals surface area contributed by atoms with Crippen molar-refractivity contribution in [3.05, 3.63) is 12.2 Å². The minimum absolute atomic E-state index is 0.0724. The molecule has 5 nitrogen and oxygen atoms in total. The molecule has 4 rings (SSSR count). The van der Waals surface area contributed by atoms with Crippen molar-refractivity contribution >= 4 is 31.6 Å². The number of hydrogen-bond donors (Lipinski definition) is 1. The van der Waals surface area contributed by atoms with Crippen molar-refractivity contribution in [2.45, 2.75) is 202 Å². The van der Waals surface area contributed by atoms with Crippen molar-refractivity contribution < 1.29 is 18.1 Å². The van der Waals surface area contributed by atoms with Crippen LogP contribution in [0.5, 0.6) is 0 Å². The molecule has 0 aromatic carbocycles. The Balaban J connectivity index is 0.000000754. The molecule has 4 fully saturated rings. The molecule has 4 aliphatic carbocycles. The fourth-order valence-electron chi connectivity index (χ4n) is 12.3. The average molecular weight is 814 g/mol. The molecule has 0 bridgehead atoms. The van der Waals surface area contributed by atoms with Gasteiger partial charge in [0, 0.05) is 6.10 Å². The minimum atomic E-state index is -1.71. The van der Waals surface area contributed by atoms with Gasteiger partial charge < -0.3 is 18.7 Å². The molecular weight excluding hydrogens is 727 g/mol. The summed E-state index contributed by atoms with van der Waals surface area (Å²) in [6.07, 6.45) is 24.2. The van der Waals surface area contributed by atoms with Crippen molar-refractivity contribution in [2.24, 2.45) is 58.2 Å². The second kappa shape index (κ2) is 24.2. The molecule has 1 N–H and O–H groups in total. The maximum Gasteiger partial charge on any atom is 0.276 e. The van der Waals surface area contributed by atoms with E-state index in [1.54, 1.807) is 6.08 Å². The summed E-state index contributed by atoms with van der Waals surface area (Å²) >= 11 is 0. The van der Waals surface area contributed by atoms with Gasteiger partial charge in [-0.1, -0.05) is 108 Å². The van der Waals surface area contributed by atoms with E-state index in [1.165, 1.54) is 75.9 Å². The fraction of sp³-hybridized carbons (Fsp3) is 0.894.